The van der Waals surface area contributed by atoms with Gasteiger partial charge in [0.1, 0.15) is 0 Å². The van der Waals surface area contributed by atoms with Gasteiger partial charge in [-0.1, -0.05) is 38.1 Å². The average Bonchev–Trinajstić information content (AvgIpc) is 2.83. The second-order valence-electron chi connectivity index (χ2n) is 6.92. The third-order valence-electron chi connectivity index (χ3n) is 4.32. The lowest BCUT2D eigenvalue weighted by Crippen LogP contribution is -2.28. The van der Waals surface area contributed by atoms with Crippen molar-refractivity contribution in [3.8, 4) is 0 Å². The Kier molecular flexibility index (Phi) is 6.22. The second kappa shape index (κ2) is 7.92. The predicted octanol–water partition coefficient (Wildman–Crippen LogP) is 2.57. The largest absolute Gasteiger partial charge is 0.310 e. The Morgan fingerprint density at radius 1 is 1.29 bits per heavy atom. The molecule has 1 atom stereocenters. The molecule has 3 heteroatoms. The lowest BCUT2D eigenvalue weighted by Gasteiger charge is -2.22. The summed E-state index contributed by atoms with van der Waals surface area (Å²) in [6.07, 6.45) is 1.34. The van der Waals surface area contributed by atoms with Gasteiger partial charge in [-0.15, -0.1) is 0 Å². The number of nitrogens with zero attached hydrogens (tertiary/aromatic N) is 2. The fraction of sp³-hybridized carbons (Fsp3) is 0.667. The first-order valence-corrected chi connectivity index (χ1v) is 8.22. The first-order chi connectivity index (χ1) is 10.0. The molecule has 0 bridgehead atoms. The highest BCUT2D eigenvalue weighted by Gasteiger charge is 2.20. The minimum absolute atomic E-state index is 0.532. The van der Waals surface area contributed by atoms with Crippen LogP contribution in [-0.4, -0.2) is 49.6 Å². The van der Waals surface area contributed by atoms with Gasteiger partial charge in [0.25, 0.3) is 0 Å². The molecule has 1 aliphatic rings. The molecular weight excluding hydrogens is 258 g/mol. The van der Waals surface area contributed by atoms with Crippen molar-refractivity contribution in [3.63, 3.8) is 0 Å². The van der Waals surface area contributed by atoms with E-state index in [1.165, 1.54) is 37.2 Å². The quantitative estimate of drug-likeness (QED) is 0.832. The van der Waals surface area contributed by atoms with Crippen LogP contribution in [0.1, 0.15) is 31.4 Å². The van der Waals surface area contributed by atoms with Gasteiger partial charge >= 0.3 is 0 Å². The van der Waals surface area contributed by atoms with E-state index in [2.05, 4.69) is 67.3 Å². The molecule has 2 rings (SSSR count). The van der Waals surface area contributed by atoms with Crippen LogP contribution in [0.5, 0.6) is 0 Å². The first-order valence-electron chi connectivity index (χ1n) is 8.22. The molecule has 1 aromatic carbocycles. The summed E-state index contributed by atoms with van der Waals surface area (Å²) in [5.41, 5.74) is 2.89. The van der Waals surface area contributed by atoms with Crippen molar-refractivity contribution in [3.05, 3.63) is 35.4 Å². The van der Waals surface area contributed by atoms with Gasteiger partial charge < -0.3 is 15.1 Å². The Hall–Kier alpha value is -0.900. The summed E-state index contributed by atoms with van der Waals surface area (Å²) in [5, 5.41) is 3.53. The molecule has 1 N–H and O–H groups in total. The zero-order valence-electron chi connectivity index (χ0n) is 14.1. The van der Waals surface area contributed by atoms with Crippen LogP contribution in [0, 0.1) is 5.92 Å². The summed E-state index contributed by atoms with van der Waals surface area (Å²) in [6.45, 7) is 10.1. The highest BCUT2D eigenvalue weighted by molar-refractivity contribution is 5.27. The monoisotopic (exact) mass is 289 g/mol. The van der Waals surface area contributed by atoms with Crippen molar-refractivity contribution in [2.45, 2.75) is 39.4 Å². The number of benzene rings is 1. The van der Waals surface area contributed by atoms with Gasteiger partial charge in [0, 0.05) is 32.2 Å². The third kappa shape index (κ3) is 5.42. The summed E-state index contributed by atoms with van der Waals surface area (Å²) in [5.74, 6) is 0.834. The fourth-order valence-electron chi connectivity index (χ4n) is 3.17. The standard InChI is InChI=1S/C18H31N3/c1-15(2)19-11-17-7-5-6-8-18(17)14-21(4)13-16-9-10-20(3)12-16/h5-8,15-16,19H,9-14H2,1-4H3. The zero-order chi connectivity index (χ0) is 15.2. The van der Waals surface area contributed by atoms with Gasteiger partial charge in [-0.2, -0.15) is 0 Å². The molecule has 1 fully saturated rings. The summed E-state index contributed by atoms with van der Waals surface area (Å²) in [6, 6.07) is 9.36. The van der Waals surface area contributed by atoms with E-state index in [4.69, 9.17) is 0 Å². The van der Waals surface area contributed by atoms with Crippen LogP contribution < -0.4 is 5.32 Å². The average molecular weight is 289 g/mol. The van der Waals surface area contributed by atoms with E-state index in [-0.39, 0.29) is 0 Å². The Morgan fingerprint density at radius 3 is 2.62 bits per heavy atom. The van der Waals surface area contributed by atoms with Gasteiger partial charge in [0.15, 0.2) is 0 Å². The van der Waals surface area contributed by atoms with Crippen molar-refractivity contribution < 1.29 is 0 Å². The van der Waals surface area contributed by atoms with Crippen molar-refractivity contribution in [1.82, 2.24) is 15.1 Å². The molecule has 1 heterocycles. The van der Waals surface area contributed by atoms with Crippen molar-refractivity contribution >= 4 is 0 Å². The van der Waals surface area contributed by atoms with Gasteiger partial charge in [-0.25, -0.2) is 0 Å². The number of rotatable bonds is 7. The maximum atomic E-state index is 3.53. The molecule has 0 aliphatic carbocycles. The molecule has 0 radical (unpaired) electrons. The van der Waals surface area contributed by atoms with E-state index in [1.54, 1.807) is 0 Å². The predicted molar refractivity (Wildman–Crippen MR) is 90.4 cm³/mol. The molecule has 3 nitrogen and oxygen atoms in total. The van der Waals surface area contributed by atoms with E-state index in [1.807, 2.05) is 0 Å². The van der Waals surface area contributed by atoms with Crippen LogP contribution >= 0.6 is 0 Å². The Balaban J connectivity index is 1.89. The molecule has 0 spiro atoms. The van der Waals surface area contributed by atoms with Crippen molar-refractivity contribution in [2.75, 3.05) is 33.7 Å². The molecule has 21 heavy (non-hydrogen) atoms. The molecule has 1 saturated heterocycles. The number of hydrogen-bond acceptors (Lipinski definition) is 3. The summed E-state index contributed by atoms with van der Waals surface area (Å²) < 4.78 is 0. The molecule has 0 saturated carbocycles. The summed E-state index contributed by atoms with van der Waals surface area (Å²) in [7, 11) is 4.48. The van der Waals surface area contributed by atoms with E-state index in [0.29, 0.717) is 6.04 Å². The molecule has 1 aliphatic heterocycles. The Labute approximate surface area is 130 Å². The summed E-state index contributed by atoms with van der Waals surface area (Å²) in [4.78, 5) is 4.93. The topological polar surface area (TPSA) is 18.5 Å². The molecule has 1 unspecified atom stereocenters. The SMILES string of the molecule is CC(C)NCc1ccccc1CN(C)CC1CCN(C)C1. The number of nitrogens with one attached hydrogen (secondary N) is 1. The lowest BCUT2D eigenvalue weighted by atomic mass is 10.1. The normalized spacial score (nSPS) is 19.8. The van der Waals surface area contributed by atoms with Crippen LogP contribution in [0.4, 0.5) is 0 Å². The second-order valence-corrected chi connectivity index (χ2v) is 6.92. The minimum atomic E-state index is 0.532. The highest BCUT2D eigenvalue weighted by Crippen LogP contribution is 2.17. The minimum Gasteiger partial charge on any atom is -0.310 e. The van der Waals surface area contributed by atoms with E-state index < -0.39 is 0 Å². The lowest BCUT2D eigenvalue weighted by molar-refractivity contribution is 0.266. The van der Waals surface area contributed by atoms with Crippen molar-refractivity contribution in [1.29, 1.82) is 0 Å². The molecule has 0 aromatic heterocycles. The van der Waals surface area contributed by atoms with Crippen LogP contribution in [0.25, 0.3) is 0 Å². The van der Waals surface area contributed by atoms with E-state index in [9.17, 15) is 0 Å². The van der Waals surface area contributed by atoms with Gasteiger partial charge in [-0.05, 0) is 44.1 Å². The molecule has 118 valence electrons. The fourth-order valence-corrected chi connectivity index (χ4v) is 3.17. The van der Waals surface area contributed by atoms with Gasteiger partial charge in [0.05, 0.1) is 0 Å². The summed E-state index contributed by atoms with van der Waals surface area (Å²) >= 11 is 0. The van der Waals surface area contributed by atoms with E-state index >= 15 is 0 Å². The van der Waals surface area contributed by atoms with Crippen LogP contribution in [0.2, 0.25) is 0 Å². The van der Waals surface area contributed by atoms with Gasteiger partial charge in [-0.3, -0.25) is 0 Å². The number of likely N-dealkylation sites (tertiary alicyclic amines) is 1. The van der Waals surface area contributed by atoms with Crippen LogP contribution in [0.15, 0.2) is 24.3 Å². The van der Waals surface area contributed by atoms with Crippen molar-refractivity contribution in [2.24, 2.45) is 5.92 Å². The van der Waals surface area contributed by atoms with Crippen LogP contribution in [-0.2, 0) is 13.1 Å². The molecule has 1 aromatic rings. The van der Waals surface area contributed by atoms with E-state index in [0.717, 1.165) is 19.0 Å². The molecule has 0 amide bonds. The molecular formula is C18H31N3. The smallest absolute Gasteiger partial charge is 0.0234 e. The Morgan fingerprint density at radius 2 is 2.00 bits per heavy atom. The Bertz CT molecular complexity index is 430. The highest BCUT2D eigenvalue weighted by atomic mass is 15.1. The third-order valence-corrected chi connectivity index (χ3v) is 4.32. The zero-order valence-corrected chi connectivity index (χ0v) is 14.1. The first kappa shape index (κ1) is 16.5. The maximum Gasteiger partial charge on any atom is 0.0234 e. The maximum absolute atomic E-state index is 3.53. The van der Waals surface area contributed by atoms with Crippen LogP contribution in [0.3, 0.4) is 0 Å². The van der Waals surface area contributed by atoms with Gasteiger partial charge in [0.2, 0.25) is 0 Å². The number of hydrogen-bond donors (Lipinski definition) is 1.